The van der Waals surface area contributed by atoms with Gasteiger partial charge in [-0.25, -0.2) is 9.97 Å². The van der Waals surface area contributed by atoms with Gasteiger partial charge in [0.05, 0.1) is 0 Å². The first-order valence-electron chi connectivity index (χ1n) is 5.64. The van der Waals surface area contributed by atoms with Gasteiger partial charge in [0.2, 0.25) is 0 Å². The quantitative estimate of drug-likeness (QED) is 0.794. The van der Waals surface area contributed by atoms with Crippen molar-refractivity contribution in [2.45, 2.75) is 39.2 Å². The van der Waals surface area contributed by atoms with Gasteiger partial charge in [0.1, 0.15) is 11.5 Å². The van der Waals surface area contributed by atoms with Crippen molar-refractivity contribution >= 4 is 23.1 Å². The highest BCUT2D eigenvalue weighted by Crippen LogP contribution is 2.30. The highest BCUT2D eigenvalue weighted by Gasteiger charge is 2.23. The van der Waals surface area contributed by atoms with Crippen LogP contribution in [0.15, 0.2) is 0 Å². The molecule has 0 radical (unpaired) electrons. The van der Waals surface area contributed by atoms with Crippen LogP contribution in [0.25, 0.3) is 0 Å². The summed E-state index contributed by atoms with van der Waals surface area (Å²) >= 11 is 5.99. The Hall–Kier alpha value is -1.03. The normalized spacial score (nSPS) is 15.5. The van der Waals surface area contributed by atoms with Crippen LogP contribution in [0.2, 0.25) is 5.15 Å². The van der Waals surface area contributed by atoms with Crippen molar-refractivity contribution in [3.05, 3.63) is 11.0 Å². The van der Waals surface area contributed by atoms with Crippen molar-refractivity contribution in [3.8, 4) is 0 Å². The molecule has 3 N–H and O–H groups in total. The Morgan fingerprint density at radius 1 is 1.44 bits per heavy atom. The van der Waals surface area contributed by atoms with Crippen LogP contribution in [0.5, 0.6) is 0 Å². The maximum Gasteiger partial charge on any atom is 0.157 e. The maximum atomic E-state index is 5.99. The summed E-state index contributed by atoms with van der Waals surface area (Å²) < 4.78 is 0. The van der Waals surface area contributed by atoms with Gasteiger partial charge in [0.15, 0.2) is 11.0 Å². The molecule has 1 aromatic heterocycles. The van der Waals surface area contributed by atoms with Gasteiger partial charge in [-0.05, 0) is 18.8 Å². The summed E-state index contributed by atoms with van der Waals surface area (Å²) in [6, 6.07) is 0.514. The minimum absolute atomic E-state index is 0.355. The molecule has 0 spiro atoms. The number of rotatable bonds is 4. The van der Waals surface area contributed by atoms with Gasteiger partial charge < -0.3 is 11.1 Å². The zero-order valence-electron chi connectivity index (χ0n) is 9.63. The summed E-state index contributed by atoms with van der Waals surface area (Å²) in [6.07, 6.45) is 3.18. The second-order valence-electron chi connectivity index (χ2n) is 4.71. The van der Waals surface area contributed by atoms with E-state index in [0.717, 1.165) is 12.2 Å². The van der Waals surface area contributed by atoms with E-state index >= 15 is 0 Å². The van der Waals surface area contributed by atoms with Gasteiger partial charge in [0.25, 0.3) is 0 Å². The summed E-state index contributed by atoms with van der Waals surface area (Å²) in [5, 5.41) is 3.63. The standard InChI is InChI=1S/C11H17ClN4/c1-6(2)5-8-15-10(12)9(13)11(16-8)14-7-3-4-7/h6-7H,3-5,13H2,1-2H3,(H,14,15,16). The number of anilines is 2. The minimum Gasteiger partial charge on any atom is -0.393 e. The highest BCUT2D eigenvalue weighted by molar-refractivity contribution is 6.32. The lowest BCUT2D eigenvalue weighted by Crippen LogP contribution is -2.11. The lowest BCUT2D eigenvalue weighted by atomic mass is 10.1. The van der Waals surface area contributed by atoms with E-state index in [1.54, 1.807) is 0 Å². The third kappa shape index (κ3) is 2.76. The van der Waals surface area contributed by atoms with Crippen LogP contribution in [0, 0.1) is 5.92 Å². The number of hydrogen-bond donors (Lipinski definition) is 2. The molecule has 0 saturated heterocycles. The number of hydrogen-bond acceptors (Lipinski definition) is 4. The summed E-state index contributed by atoms with van der Waals surface area (Å²) in [6.45, 7) is 4.25. The first-order valence-corrected chi connectivity index (χ1v) is 6.02. The van der Waals surface area contributed by atoms with E-state index in [-0.39, 0.29) is 0 Å². The van der Waals surface area contributed by atoms with E-state index in [2.05, 4.69) is 29.1 Å². The molecular weight excluding hydrogens is 224 g/mol. The number of nitrogens with zero attached hydrogens (tertiary/aromatic N) is 2. The molecule has 1 aromatic rings. The molecule has 1 aliphatic carbocycles. The van der Waals surface area contributed by atoms with Crippen LogP contribution < -0.4 is 11.1 Å². The van der Waals surface area contributed by atoms with Crippen LogP contribution >= 0.6 is 11.6 Å². The van der Waals surface area contributed by atoms with Crippen molar-refractivity contribution in [2.24, 2.45) is 5.92 Å². The molecule has 1 saturated carbocycles. The second-order valence-corrected chi connectivity index (χ2v) is 5.07. The summed E-state index contributed by atoms with van der Waals surface area (Å²) in [7, 11) is 0. The topological polar surface area (TPSA) is 63.8 Å². The molecule has 2 rings (SSSR count). The van der Waals surface area contributed by atoms with Gasteiger partial charge in [-0.15, -0.1) is 0 Å². The Morgan fingerprint density at radius 2 is 2.12 bits per heavy atom. The average molecular weight is 241 g/mol. The van der Waals surface area contributed by atoms with Crippen molar-refractivity contribution in [1.82, 2.24) is 9.97 Å². The van der Waals surface area contributed by atoms with E-state index in [1.807, 2.05) is 0 Å². The molecule has 0 amide bonds. The molecule has 0 aliphatic heterocycles. The van der Waals surface area contributed by atoms with Crippen LogP contribution in [-0.2, 0) is 6.42 Å². The molecule has 0 bridgehead atoms. The Bertz CT molecular complexity index is 388. The van der Waals surface area contributed by atoms with Crippen LogP contribution in [-0.4, -0.2) is 16.0 Å². The second kappa shape index (κ2) is 4.45. The molecular formula is C11H17ClN4. The van der Waals surface area contributed by atoms with E-state index in [9.17, 15) is 0 Å². The number of nitrogens with two attached hydrogens (primary N) is 1. The fraction of sp³-hybridized carbons (Fsp3) is 0.636. The van der Waals surface area contributed by atoms with Crippen molar-refractivity contribution in [3.63, 3.8) is 0 Å². The van der Waals surface area contributed by atoms with Gasteiger partial charge >= 0.3 is 0 Å². The third-order valence-electron chi connectivity index (χ3n) is 2.45. The van der Waals surface area contributed by atoms with E-state index in [0.29, 0.717) is 28.6 Å². The Kier molecular flexibility index (Phi) is 3.19. The molecule has 0 aromatic carbocycles. The first kappa shape index (κ1) is 11.5. The minimum atomic E-state index is 0.355. The smallest absolute Gasteiger partial charge is 0.157 e. The molecule has 0 unspecified atom stereocenters. The lowest BCUT2D eigenvalue weighted by Gasteiger charge is -2.11. The van der Waals surface area contributed by atoms with Crippen LogP contribution in [0.3, 0.4) is 0 Å². The molecule has 0 atom stereocenters. The van der Waals surface area contributed by atoms with Crippen molar-refractivity contribution in [2.75, 3.05) is 11.1 Å². The Morgan fingerprint density at radius 3 is 2.69 bits per heavy atom. The van der Waals surface area contributed by atoms with Crippen LogP contribution in [0.1, 0.15) is 32.5 Å². The predicted octanol–water partition coefficient (Wildman–Crippen LogP) is 2.49. The average Bonchev–Trinajstić information content (AvgIpc) is 2.96. The third-order valence-corrected chi connectivity index (χ3v) is 2.74. The lowest BCUT2D eigenvalue weighted by molar-refractivity contribution is 0.621. The van der Waals surface area contributed by atoms with Gasteiger partial charge in [-0.1, -0.05) is 25.4 Å². The zero-order chi connectivity index (χ0) is 11.7. The van der Waals surface area contributed by atoms with E-state index < -0.39 is 0 Å². The summed E-state index contributed by atoms with van der Waals surface area (Å²) in [5.74, 6) is 1.96. The first-order chi connectivity index (χ1) is 7.56. The van der Waals surface area contributed by atoms with Gasteiger partial charge in [-0.3, -0.25) is 0 Å². The van der Waals surface area contributed by atoms with E-state index in [4.69, 9.17) is 17.3 Å². The fourth-order valence-electron chi connectivity index (χ4n) is 1.47. The van der Waals surface area contributed by atoms with Gasteiger partial charge in [-0.2, -0.15) is 0 Å². The molecule has 1 aliphatic rings. The van der Waals surface area contributed by atoms with Crippen LogP contribution in [0.4, 0.5) is 11.5 Å². The molecule has 88 valence electrons. The predicted molar refractivity (Wildman–Crippen MR) is 66.6 cm³/mol. The Labute approximate surface area is 101 Å². The maximum absolute atomic E-state index is 5.99. The van der Waals surface area contributed by atoms with Gasteiger partial charge in [0, 0.05) is 12.5 Å². The number of halogens is 1. The monoisotopic (exact) mass is 240 g/mol. The fourth-order valence-corrected chi connectivity index (χ4v) is 1.66. The van der Waals surface area contributed by atoms with Crippen molar-refractivity contribution < 1.29 is 0 Å². The van der Waals surface area contributed by atoms with Crippen molar-refractivity contribution in [1.29, 1.82) is 0 Å². The molecule has 1 fully saturated rings. The number of nitrogen functional groups attached to an aromatic ring is 1. The zero-order valence-corrected chi connectivity index (χ0v) is 10.4. The molecule has 1 heterocycles. The largest absolute Gasteiger partial charge is 0.393 e. The summed E-state index contributed by atoms with van der Waals surface area (Å²) in [4.78, 5) is 8.61. The molecule has 5 heteroatoms. The summed E-state index contributed by atoms with van der Waals surface area (Å²) in [5.41, 5.74) is 6.30. The SMILES string of the molecule is CC(C)Cc1nc(Cl)c(N)c(NC2CC2)n1. The van der Waals surface area contributed by atoms with E-state index in [1.165, 1.54) is 12.8 Å². The molecule has 16 heavy (non-hydrogen) atoms. The Balaban J connectivity index is 2.22. The molecule has 4 nitrogen and oxygen atoms in total. The number of aromatic nitrogens is 2. The highest BCUT2D eigenvalue weighted by atomic mass is 35.5. The number of nitrogens with one attached hydrogen (secondary N) is 1.